The highest BCUT2D eigenvalue weighted by atomic mass is 32.2. The first-order valence-electron chi connectivity index (χ1n) is 6.42. The van der Waals surface area contributed by atoms with Gasteiger partial charge in [0.05, 0.1) is 5.75 Å². The SMILES string of the molecule is CC1CCCC(SCC(=O)c2ccn(C)c2)C1. The van der Waals surface area contributed by atoms with Crippen LogP contribution in [0.15, 0.2) is 18.5 Å². The Morgan fingerprint density at radius 2 is 2.35 bits per heavy atom. The lowest BCUT2D eigenvalue weighted by molar-refractivity contribution is 0.102. The number of thioether (sulfide) groups is 1. The Morgan fingerprint density at radius 3 is 3.00 bits per heavy atom. The first-order valence-corrected chi connectivity index (χ1v) is 7.47. The Bertz CT molecular complexity index is 385. The maximum Gasteiger partial charge on any atom is 0.174 e. The summed E-state index contributed by atoms with van der Waals surface area (Å²) in [6.45, 7) is 2.33. The normalized spacial score (nSPS) is 24.8. The molecule has 2 atom stereocenters. The molecular weight excluding hydrogens is 230 g/mol. The number of nitrogens with zero attached hydrogens (tertiary/aromatic N) is 1. The van der Waals surface area contributed by atoms with Crippen molar-refractivity contribution in [2.75, 3.05) is 5.75 Å². The van der Waals surface area contributed by atoms with Gasteiger partial charge in [0.2, 0.25) is 0 Å². The van der Waals surface area contributed by atoms with Gasteiger partial charge in [-0.2, -0.15) is 11.8 Å². The number of Topliss-reactive ketones (excluding diaryl/α,β-unsaturated/α-hetero) is 1. The zero-order valence-corrected chi connectivity index (χ0v) is 11.5. The second-order valence-corrected chi connectivity index (χ2v) is 6.48. The fourth-order valence-corrected chi connectivity index (χ4v) is 3.83. The van der Waals surface area contributed by atoms with E-state index in [1.165, 1.54) is 25.7 Å². The minimum absolute atomic E-state index is 0.272. The number of carbonyl (C=O) groups excluding carboxylic acids is 1. The number of aryl methyl sites for hydroxylation is 1. The monoisotopic (exact) mass is 251 g/mol. The van der Waals surface area contributed by atoms with Crippen LogP contribution in [-0.2, 0) is 7.05 Å². The molecule has 1 aromatic heterocycles. The Balaban J connectivity index is 1.80. The third-order valence-electron chi connectivity index (χ3n) is 3.49. The summed E-state index contributed by atoms with van der Waals surface area (Å²) in [5.74, 6) is 1.75. The van der Waals surface area contributed by atoms with E-state index in [0.29, 0.717) is 11.0 Å². The highest BCUT2D eigenvalue weighted by Gasteiger charge is 2.20. The van der Waals surface area contributed by atoms with E-state index in [4.69, 9.17) is 0 Å². The average molecular weight is 251 g/mol. The minimum atomic E-state index is 0.272. The molecule has 0 saturated heterocycles. The molecule has 1 aromatic rings. The third kappa shape index (κ3) is 3.63. The van der Waals surface area contributed by atoms with Crippen LogP contribution in [0.4, 0.5) is 0 Å². The van der Waals surface area contributed by atoms with E-state index in [0.717, 1.165) is 11.5 Å². The van der Waals surface area contributed by atoms with Gasteiger partial charge in [-0.15, -0.1) is 0 Å². The average Bonchev–Trinajstić information content (AvgIpc) is 2.73. The van der Waals surface area contributed by atoms with Gasteiger partial charge in [-0.25, -0.2) is 0 Å². The molecule has 0 bridgehead atoms. The van der Waals surface area contributed by atoms with Crippen molar-refractivity contribution in [3.05, 3.63) is 24.0 Å². The van der Waals surface area contributed by atoms with Gasteiger partial charge in [-0.1, -0.05) is 19.8 Å². The van der Waals surface area contributed by atoms with Crippen LogP contribution in [0.3, 0.4) is 0 Å². The molecule has 94 valence electrons. The zero-order chi connectivity index (χ0) is 12.3. The number of hydrogen-bond acceptors (Lipinski definition) is 2. The second-order valence-electron chi connectivity index (χ2n) is 5.19. The predicted octanol–water partition coefficient (Wildman–Crippen LogP) is 3.52. The largest absolute Gasteiger partial charge is 0.357 e. The number of hydrogen-bond donors (Lipinski definition) is 0. The molecular formula is C14H21NOS. The van der Waals surface area contributed by atoms with E-state index in [-0.39, 0.29) is 5.78 Å². The number of carbonyl (C=O) groups is 1. The first kappa shape index (κ1) is 12.7. The third-order valence-corrected chi connectivity index (χ3v) is 4.82. The molecule has 2 unspecified atom stereocenters. The summed E-state index contributed by atoms with van der Waals surface area (Å²) in [7, 11) is 1.95. The molecule has 0 aliphatic heterocycles. The van der Waals surface area contributed by atoms with Gasteiger partial charge in [0, 0.05) is 30.3 Å². The van der Waals surface area contributed by atoms with Gasteiger partial charge in [-0.3, -0.25) is 4.79 Å². The zero-order valence-electron chi connectivity index (χ0n) is 10.7. The van der Waals surface area contributed by atoms with E-state index in [1.54, 1.807) is 0 Å². The molecule has 0 spiro atoms. The van der Waals surface area contributed by atoms with Crippen LogP contribution in [0.5, 0.6) is 0 Å². The summed E-state index contributed by atoms with van der Waals surface area (Å²) < 4.78 is 1.93. The van der Waals surface area contributed by atoms with Crippen LogP contribution in [0.25, 0.3) is 0 Å². The number of ketones is 1. The van der Waals surface area contributed by atoms with Crippen molar-refractivity contribution in [3.8, 4) is 0 Å². The maximum atomic E-state index is 11.9. The van der Waals surface area contributed by atoms with Crippen molar-refractivity contribution in [3.63, 3.8) is 0 Å². The lowest BCUT2D eigenvalue weighted by Crippen LogP contribution is -2.17. The van der Waals surface area contributed by atoms with Crippen molar-refractivity contribution in [1.29, 1.82) is 0 Å². The molecule has 0 radical (unpaired) electrons. The summed E-state index contributed by atoms with van der Waals surface area (Å²) in [6, 6.07) is 1.91. The summed E-state index contributed by atoms with van der Waals surface area (Å²) in [4.78, 5) is 11.9. The first-order chi connectivity index (χ1) is 8.15. The van der Waals surface area contributed by atoms with Gasteiger partial charge < -0.3 is 4.57 Å². The molecule has 1 heterocycles. The fraction of sp³-hybridized carbons (Fsp3) is 0.643. The standard InChI is InChI=1S/C14H21NOS/c1-11-4-3-5-13(8-11)17-10-14(16)12-6-7-15(2)9-12/h6-7,9,11,13H,3-5,8,10H2,1-2H3. The molecule has 1 aliphatic carbocycles. The topological polar surface area (TPSA) is 22.0 Å². The van der Waals surface area contributed by atoms with Crippen molar-refractivity contribution in [2.45, 2.75) is 37.9 Å². The Labute approximate surface area is 108 Å². The predicted molar refractivity (Wildman–Crippen MR) is 73.6 cm³/mol. The van der Waals surface area contributed by atoms with E-state index < -0.39 is 0 Å². The summed E-state index contributed by atoms with van der Waals surface area (Å²) in [6.07, 6.45) is 9.11. The van der Waals surface area contributed by atoms with E-state index in [2.05, 4.69) is 6.92 Å². The number of rotatable bonds is 4. The van der Waals surface area contributed by atoms with Crippen molar-refractivity contribution in [2.24, 2.45) is 13.0 Å². The number of aromatic nitrogens is 1. The smallest absolute Gasteiger partial charge is 0.174 e. The Morgan fingerprint density at radius 1 is 1.53 bits per heavy atom. The molecule has 0 aromatic carbocycles. The van der Waals surface area contributed by atoms with Gasteiger partial charge in [0.25, 0.3) is 0 Å². The summed E-state index contributed by atoms with van der Waals surface area (Å²) in [5, 5.41) is 0.700. The van der Waals surface area contributed by atoms with Crippen LogP contribution in [-0.4, -0.2) is 21.4 Å². The van der Waals surface area contributed by atoms with E-state index in [9.17, 15) is 4.79 Å². The highest BCUT2D eigenvalue weighted by Crippen LogP contribution is 2.32. The molecule has 3 heteroatoms. The van der Waals surface area contributed by atoms with Gasteiger partial charge in [0.1, 0.15) is 0 Å². The van der Waals surface area contributed by atoms with E-state index in [1.807, 2.05) is 41.8 Å². The highest BCUT2D eigenvalue weighted by molar-refractivity contribution is 8.00. The summed E-state index contributed by atoms with van der Waals surface area (Å²) in [5.41, 5.74) is 0.851. The molecule has 1 saturated carbocycles. The molecule has 2 rings (SSSR count). The molecule has 1 fully saturated rings. The lowest BCUT2D eigenvalue weighted by atomic mass is 9.91. The van der Waals surface area contributed by atoms with Gasteiger partial charge in [-0.05, 0) is 24.8 Å². The Kier molecular flexibility index (Phi) is 4.32. The van der Waals surface area contributed by atoms with Crippen molar-refractivity contribution >= 4 is 17.5 Å². The van der Waals surface area contributed by atoms with Gasteiger partial charge >= 0.3 is 0 Å². The van der Waals surface area contributed by atoms with E-state index >= 15 is 0 Å². The van der Waals surface area contributed by atoms with Crippen LogP contribution in [0.2, 0.25) is 0 Å². The maximum absolute atomic E-state index is 11.9. The molecule has 17 heavy (non-hydrogen) atoms. The van der Waals surface area contributed by atoms with Crippen molar-refractivity contribution < 1.29 is 4.79 Å². The lowest BCUT2D eigenvalue weighted by Gasteiger charge is -2.25. The van der Waals surface area contributed by atoms with Gasteiger partial charge in [0.15, 0.2) is 5.78 Å². The Hall–Kier alpha value is -0.700. The van der Waals surface area contributed by atoms with Crippen molar-refractivity contribution in [1.82, 2.24) is 4.57 Å². The molecule has 0 N–H and O–H groups in total. The quantitative estimate of drug-likeness (QED) is 0.764. The summed E-state index contributed by atoms with van der Waals surface area (Å²) >= 11 is 1.85. The molecule has 2 nitrogen and oxygen atoms in total. The van der Waals surface area contributed by atoms with Crippen LogP contribution >= 0.6 is 11.8 Å². The van der Waals surface area contributed by atoms with Crippen LogP contribution < -0.4 is 0 Å². The van der Waals surface area contributed by atoms with Crippen LogP contribution in [0.1, 0.15) is 43.0 Å². The second kappa shape index (κ2) is 5.76. The van der Waals surface area contributed by atoms with Crippen LogP contribution in [0, 0.1) is 5.92 Å². The molecule has 1 aliphatic rings. The minimum Gasteiger partial charge on any atom is -0.357 e. The fourth-order valence-electron chi connectivity index (χ4n) is 2.47. The molecule has 0 amide bonds.